The molecule has 0 unspecified atom stereocenters. The molecule has 0 amide bonds. The van der Waals surface area contributed by atoms with Crippen LogP contribution < -0.4 is 0 Å². The van der Waals surface area contributed by atoms with Gasteiger partial charge in [0.05, 0.1) is 5.56 Å². The molecule has 0 saturated carbocycles. The molecule has 6 heteroatoms. The van der Waals surface area contributed by atoms with Crippen LogP contribution in [0.5, 0.6) is 0 Å². The zero-order chi connectivity index (χ0) is 18.9. The summed E-state index contributed by atoms with van der Waals surface area (Å²) in [5.74, 6) is -0.305. The summed E-state index contributed by atoms with van der Waals surface area (Å²) in [5.41, 5.74) is 1.18. The molecule has 1 aromatic carbocycles. The highest BCUT2D eigenvalue weighted by atomic mass is 28.4. The van der Waals surface area contributed by atoms with Gasteiger partial charge in [0.2, 0.25) is 0 Å². The quantitative estimate of drug-likeness (QED) is 0.457. The maximum absolute atomic E-state index is 12.1. The lowest BCUT2D eigenvalue weighted by molar-refractivity contribution is 0.00693. The van der Waals surface area contributed by atoms with Gasteiger partial charge in [-0.1, -0.05) is 12.1 Å². The SMILES string of the molecule is CCO[Si](CCc1ccc(C(=O)OC(C)(C)C)cc1)(OCC)OCC. The van der Waals surface area contributed by atoms with E-state index in [0.29, 0.717) is 31.4 Å². The van der Waals surface area contributed by atoms with E-state index >= 15 is 0 Å². The summed E-state index contributed by atoms with van der Waals surface area (Å²) >= 11 is 0. The van der Waals surface area contributed by atoms with Crippen molar-refractivity contribution in [3.63, 3.8) is 0 Å². The van der Waals surface area contributed by atoms with E-state index in [2.05, 4.69) is 0 Å². The third-order valence-electron chi connectivity index (χ3n) is 3.40. The Kier molecular flexibility index (Phi) is 8.79. The molecule has 0 radical (unpaired) electrons. The van der Waals surface area contributed by atoms with Gasteiger partial charge in [0.15, 0.2) is 0 Å². The first-order valence-corrected chi connectivity index (χ1v) is 10.9. The number of hydrogen-bond donors (Lipinski definition) is 0. The van der Waals surface area contributed by atoms with E-state index in [1.54, 1.807) is 12.1 Å². The number of esters is 1. The van der Waals surface area contributed by atoms with E-state index in [1.807, 2.05) is 53.7 Å². The van der Waals surface area contributed by atoms with Crippen molar-refractivity contribution in [1.29, 1.82) is 0 Å². The Morgan fingerprint density at radius 2 is 1.40 bits per heavy atom. The first kappa shape index (κ1) is 21.8. The Morgan fingerprint density at radius 3 is 1.80 bits per heavy atom. The largest absolute Gasteiger partial charge is 0.501 e. The number of carbonyl (C=O) groups excluding carboxylic acids is 1. The normalized spacial score (nSPS) is 12.2. The smallest absolute Gasteiger partial charge is 0.456 e. The maximum atomic E-state index is 12.1. The number of benzene rings is 1. The van der Waals surface area contributed by atoms with E-state index < -0.39 is 14.4 Å². The first-order valence-electron chi connectivity index (χ1n) is 8.99. The molecule has 0 atom stereocenters. The van der Waals surface area contributed by atoms with Crippen molar-refractivity contribution in [2.45, 2.75) is 59.6 Å². The van der Waals surface area contributed by atoms with Gasteiger partial charge < -0.3 is 18.0 Å². The predicted molar refractivity (Wildman–Crippen MR) is 101 cm³/mol. The van der Waals surface area contributed by atoms with Gasteiger partial charge in [-0.05, 0) is 65.7 Å². The van der Waals surface area contributed by atoms with Crippen molar-refractivity contribution in [2.24, 2.45) is 0 Å². The second-order valence-electron chi connectivity index (χ2n) is 6.68. The highest BCUT2D eigenvalue weighted by molar-refractivity contribution is 6.60. The molecule has 1 rings (SSSR count). The molecule has 0 aliphatic carbocycles. The average Bonchev–Trinajstić information content (AvgIpc) is 2.52. The van der Waals surface area contributed by atoms with Gasteiger partial charge in [-0.25, -0.2) is 4.79 Å². The highest BCUT2D eigenvalue weighted by Crippen LogP contribution is 2.20. The van der Waals surface area contributed by atoms with Crippen LogP contribution in [0.25, 0.3) is 0 Å². The average molecular weight is 369 g/mol. The Morgan fingerprint density at radius 1 is 0.920 bits per heavy atom. The van der Waals surface area contributed by atoms with Crippen LogP contribution in [0.1, 0.15) is 57.5 Å². The lowest BCUT2D eigenvalue weighted by atomic mass is 10.1. The summed E-state index contributed by atoms with van der Waals surface area (Å²) in [6.07, 6.45) is 0.779. The fourth-order valence-corrected chi connectivity index (χ4v) is 5.04. The van der Waals surface area contributed by atoms with Crippen LogP contribution in [0.15, 0.2) is 24.3 Å². The fraction of sp³-hybridized carbons (Fsp3) is 0.632. The van der Waals surface area contributed by atoms with E-state index in [-0.39, 0.29) is 5.97 Å². The van der Waals surface area contributed by atoms with Gasteiger partial charge in [-0.2, -0.15) is 0 Å². The van der Waals surface area contributed by atoms with Gasteiger partial charge in [-0.15, -0.1) is 0 Å². The van der Waals surface area contributed by atoms with Gasteiger partial charge >= 0.3 is 14.8 Å². The number of ether oxygens (including phenoxy) is 1. The molecule has 1 aromatic rings. The third-order valence-corrected chi connectivity index (χ3v) is 6.45. The molecule has 0 saturated heterocycles. The summed E-state index contributed by atoms with van der Waals surface area (Å²) < 4.78 is 23.0. The Hall–Kier alpha value is -1.21. The Balaban J connectivity index is 2.74. The molecule has 0 aliphatic heterocycles. The maximum Gasteiger partial charge on any atom is 0.501 e. The van der Waals surface area contributed by atoms with Crippen LogP contribution in [0.4, 0.5) is 0 Å². The molecule has 5 nitrogen and oxygen atoms in total. The predicted octanol–water partition coefficient (Wildman–Crippen LogP) is 4.23. The van der Waals surface area contributed by atoms with Crippen LogP contribution in [0.2, 0.25) is 6.04 Å². The van der Waals surface area contributed by atoms with Crippen LogP contribution in [-0.2, 0) is 24.4 Å². The Labute approximate surface area is 153 Å². The minimum Gasteiger partial charge on any atom is -0.456 e. The van der Waals surface area contributed by atoms with Crippen molar-refractivity contribution in [2.75, 3.05) is 19.8 Å². The molecule has 142 valence electrons. The van der Waals surface area contributed by atoms with Crippen molar-refractivity contribution < 1.29 is 22.8 Å². The van der Waals surface area contributed by atoms with Crippen molar-refractivity contribution in [3.05, 3.63) is 35.4 Å². The van der Waals surface area contributed by atoms with Crippen LogP contribution in [-0.4, -0.2) is 40.2 Å². The third kappa shape index (κ3) is 7.69. The second-order valence-corrected chi connectivity index (χ2v) is 9.41. The summed E-state index contributed by atoms with van der Waals surface area (Å²) in [6.45, 7) is 13.2. The summed E-state index contributed by atoms with van der Waals surface area (Å²) in [4.78, 5) is 12.1. The zero-order valence-corrected chi connectivity index (χ0v) is 17.4. The van der Waals surface area contributed by atoms with E-state index in [0.717, 1.165) is 12.0 Å². The summed E-state index contributed by atoms with van der Waals surface area (Å²) in [7, 11) is -2.64. The number of rotatable bonds is 10. The molecular weight excluding hydrogens is 336 g/mol. The molecule has 0 bridgehead atoms. The van der Waals surface area contributed by atoms with Gasteiger partial charge in [0.25, 0.3) is 0 Å². The number of hydrogen-bond acceptors (Lipinski definition) is 5. The zero-order valence-electron chi connectivity index (χ0n) is 16.4. The first-order chi connectivity index (χ1) is 11.7. The van der Waals surface area contributed by atoms with Crippen molar-refractivity contribution in [3.8, 4) is 0 Å². The molecule has 25 heavy (non-hydrogen) atoms. The number of aryl methyl sites for hydroxylation is 1. The summed E-state index contributed by atoms with van der Waals surface area (Å²) in [6, 6.07) is 8.21. The van der Waals surface area contributed by atoms with Crippen LogP contribution in [0.3, 0.4) is 0 Å². The minimum atomic E-state index is -2.64. The summed E-state index contributed by atoms with van der Waals surface area (Å²) in [5, 5.41) is 0. The van der Waals surface area contributed by atoms with Crippen LogP contribution in [0, 0.1) is 0 Å². The van der Waals surface area contributed by atoms with E-state index in [9.17, 15) is 4.79 Å². The molecule has 0 heterocycles. The number of carbonyl (C=O) groups is 1. The Bertz CT molecular complexity index is 505. The lowest BCUT2D eigenvalue weighted by Gasteiger charge is -2.28. The van der Waals surface area contributed by atoms with Crippen LogP contribution >= 0.6 is 0 Å². The molecule has 0 aromatic heterocycles. The highest BCUT2D eigenvalue weighted by Gasteiger charge is 2.39. The minimum absolute atomic E-state index is 0.305. The van der Waals surface area contributed by atoms with E-state index in [1.165, 1.54) is 0 Å². The van der Waals surface area contributed by atoms with Gasteiger partial charge in [-0.3, -0.25) is 0 Å². The molecule has 0 N–H and O–H groups in total. The van der Waals surface area contributed by atoms with Gasteiger partial charge in [0, 0.05) is 25.9 Å². The molecule has 0 spiro atoms. The second kappa shape index (κ2) is 10.1. The lowest BCUT2D eigenvalue weighted by Crippen LogP contribution is -2.46. The van der Waals surface area contributed by atoms with Crippen molar-refractivity contribution >= 4 is 14.8 Å². The monoisotopic (exact) mass is 368 g/mol. The molecule has 0 fully saturated rings. The fourth-order valence-electron chi connectivity index (χ4n) is 2.44. The topological polar surface area (TPSA) is 54.0 Å². The molecular formula is C19H32O5Si. The van der Waals surface area contributed by atoms with E-state index in [4.69, 9.17) is 18.0 Å². The van der Waals surface area contributed by atoms with Crippen molar-refractivity contribution in [1.82, 2.24) is 0 Å². The standard InChI is InChI=1S/C19H32O5Si/c1-7-21-25(22-8-2,23-9-3)15-14-16-10-12-17(13-11-16)18(20)24-19(4,5)6/h10-13H,7-9,14-15H2,1-6H3. The van der Waals surface area contributed by atoms with Gasteiger partial charge in [0.1, 0.15) is 5.60 Å². The molecule has 0 aliphatic rings.